The lowest BCUT2D eigenvalue weighted by atomic mass is 10.2. The van der Waals surface area contributed by atoms with Gasteiger partial charge in [0.25, 0.3) is 11.9 Å². The van der Waals surface area contributed by atoms with E-state index in [0.29, 0.717) is 6.54 Å². The van der Waals surface area contributed by atoms with Gasteiger partial charge in [0, 0.05) is 6.08 Å². The highest BCUT2D eigenvalue weighted by Crippen LogP contribution is 2.02. The minimum Gasteiger partial charge on any atom is -0.288 e. The molecule has 104 valence electrons. The van der Waals surface area contributed by atoms with Gasteiger partial charge in [-0.2, -0.15) is 4.80 Å². The number of unbranched alkanes of at least 4 members (excludes halogenated alkanes) is 1. The zero-order valence-corrected chi connectivity index (χ0v) is 11.4. The summed E-state index contributed by atoms with van der Waals surface area (Å²) in [4.78, 5) is 13.2. The number of hydrogen-bond acceptors (Lipinski definition) is 4. The first-order valence-electron chi connectivity index (χ1n) is 6.60. The SMILES string of the molecule is CCCCn1nnc(NC(=O)C=Cc2ccccc2)n1. The zero-order chi connectivity index (χ0) is 14.2. The summed E-state index contributed by atoms with van der Waals surface area (Å²) in [5.41, 5.74) is 0.960. The summed E-state index contributed by atoms with van der Waals surface area (Å²) in [7, 11) is 0. The topological polar surface area (TPSA) is 72.7 Å². The van der Waals surface area contributed by atoms with E-state index < -0.39 is 0 Å². The van der Waals surface area contributed by atoms with Crippen LogP contribution in [0.4, 0.5) is 5.95 Å². The molecular formula is C14H17N5O. The number of amides is 1. The fraction of sp³-hybridized carbons (Fsp3) is 0.286. The Morgan fingerprint density at radius 2 is 2.15 bits per heavy atom. The molecule has 0 aliphatic rings. The molecule has 0 unspecified atom stereocenters. The van der Waals surface area contributed by atoms with Crippen molar-refractivity contribution in [2.45, 2.75) is 26.3 Å². The number of rotatable bonds is 6. The van der Waals surface area contributed by atoms with Gasteiger partial charge in [0.05, 0.1) is 6.54 Å². The molecular weight excluding hydrogens is 254 g/mol. The van der Waals surface area contributed by atoms with Crippen molar-refractivity contribution < 1.29 is 4.79 Å². The van der Waals surface area contributed by atoms with Gasteiger partial charge in [0.15, 0.2) is 0 Å². The van der Waals surface area contributed by atoms with E-state index in [1.54, 1.807) is 6.08 Å². The highest BCUT2D eigenvalue weighted by atomic mass is 16.1. The quantitative estimate of drug-likeness (QED) is 0.817. The average molecular weight is 271 g/mol. The molecule has 1 aromatic carbocycles. The number of aromatic nitrogens is 4. The number of carbonyl (C=O) groups excluding carboxylic acids is 1. The molecule has 0 fully saturated rings. The van der Waals surface area contributed by atoms with E-state index in [2.05, 4.69) is 27.7 Å². The van der Waals surface area contributed by atoms with Crippen LogP contribution >= 0.6 is 0 Å². The van der Waals surface area contributed by atoms with Crippen LogP contribution in [0.5, 0.6) is 0 Å². The van der Waals surface area contributed by atoms with Crippen molar-refractivity contribution in [1.82, 2.24) is 20.2 Å². The molecule has 0 aliphatic carbocycles. The molecule has 6 heteroatoms. The Morgan fingerprint density at radius 1 is 1.35 bits per heavy atom. The third-order valence-electron chi connectivity index (χ3n) is 2.63. The van der Waals surface area contributed by atoms with Gasteiger partial charge in [-0.3, -0.25) is 10.1 Å². The Balaban J connectivity index is 1.88. The van der Waals surface area contributed by atoms with Crippen LogP contribution in [0.2, 0.25) is 0 Å². The predicted molar refractivity (Wildman–Crippen MR) is 76.8 cm³/mol. The van der Waals surface area contributed by atoms with Crippen LogP contribution in [-0.2, 0) is 11.3 Å². The number of tetrazole rings is 1. The van der Waals surface area contributed by atoms with Crippen LogP contribution in [0, 0.1) is 0 Å². The Hall–Kier alpha value is -2.50. The normalized spacial score (nSPS) is 10.8. The van der Waals surface area contributed by atoms with Crippen LogP contribution in [0.1, 0.15) is 25.3 Å². The zero-order valence-electron chi connectivity index (χ0n) is 11.4. The van der Waals surface area contributed by atoms with Crippen molar-refractivity contribution >= 4 is 17.9 Å². The fourth-order valence-corrected chi connectivity index (χ4v) is 1.58. The lowest BCUT2D eigenvalue weighted by Crippen LogP contribution is -2.10. The van der Waals surface area contributed by atoms with Crippen molar-refractivity contribution in [2.24, 2.45) is 0 Å². The van der Waals surface area contributed by atoms with Gasteiger partial charge >= 0.3 is 0 Å². The minimum atomic E-state index is -0.274. The maximum Gasteiger partial charge on any atom is 0.270 e. The van der Waals surface area contributed by atoms with Gasteiger partial charge in [-0.25, -0.2) is 0 Å². The van der Waals surface area contributed by atoms with Crippen LogP contribution in [-0.4, -0.2) is 26.1 Å². The molecule has 0 atom stereocenters. The molecule has 0 bridgehead atoms. The number of benzene rings is 1. The lowest BCUT2D eigenvalue weighted by molar-refractivity contribution is -0.111. The van der Waals surface area contributed by atoms with Gasteiger partial charge < -0.3 is 0 Å². The van der Waals surface area contributed by atoms with E-state index in [0.717, 1.165) is 18.4 Å². The second-order valence-corrected chi connectivity index (χ2v) is 4.30. The summed E-state index contributed by atoms with van der Waals surface area (Å²) < 4.78 is 0. The van der Waals surface area contributed by atoms with Crippen molar-refractivity contribution in [2.75, 3.05) is 5.32 Å². The van der Waals surface area contributed by atoms with E-state index in [1.165, 1.54) is 10.9 Å². The molecule has 0 spiro atoms. The molecule has 1 aromatic heterocycles. The number of nitrogens with zero attached hydrogens (tertiary/aromatic N) is 4. The van der Waals surface area contributed by atoms with Crippen LogP contribution in [0.15, 0.2) is 36.4 Å². The standard InChI is InChI=1S/C14H17N5O/c1-2-3-11-19-17-14(16-18-19)15-13(20)10-9-12-7-5-4-6-8-12/h4-10H,2-3,11H2,1H3,(H,15,17,20). The van der Waals surface area contributed by atoms with E-state index >= 15 is 0 Å². The van der Waals surface area contributed by atoms with Gasteiger partial charge in [-0.15, -0.1) is 5.10 Å². The molecule has 20 heavy (non-hydrogen) atoms. The van der Waals surface area contributed by atoms with Gasteiger partial charge in [-0.05, 0) is 23.3 Å². The summed E-state index contributed by atoms with van der Waals surface area (Å²) in [5.74, 6) is -0.0484. The maximum absolute atomic E-state index is 11.7. The van der Waals surface area contributed by atoms with E-state index in [1.807, 2.05) is 30.3 Å². The molecule has 2 aromatic rings. The summed E-state index contributed by atoms with van der Waals surface area (Å²) in [6.07, 6.45) is 5.22. The first kappa shape index (κ1) is 13.9. The first-order chi connectivity index (χ1) is 9.78. The molecule has 0 saturated heterocycles. The van der Waals surface area contributed by atoms with Crippen molar-refractivity contribution in [3.63, 3.8) is 0 Å². The van der Waals surface area contributed by atoms with Crippen molar-refractivity contribution in [1.29, 1.82) is 0 Å². The van der Waals surface area contributed by atoms with E-state index in [9.17, 15) is 4.79 Å². The van der Waals surface area contributed by atoms with Gasteiger partial charge in [0.1, 0.15) is 0 Å². The first-order valence-corrected chi connectivity index (χ1v) is 6.60. The molecule has 2 rings (SSSR count). The summed E-state index contributed by atoms with van der Waals surface area (Å²) in [5, 5.41) is 14.3. The van der Waals surface area contributed by atoms with Crippen LogP contribution in [0.25, 0.3) is 6.08 Å². The Bertz CT molecular complexity index is 576. The van der Waals surface area contributed by atoms with Crippen molar-refractivity contribution in [3.05, 3.63) is 42.0 Å². The smallest absolute Gasteiger partial charge is 0.270 e. The third kappa shape index (κ3) is 4.31. The molecule has 0 aliphatic heterocycles. The number of nitrogens with one attached hydrogen (secondary N) is 1. The van der Waals surface area contributed by atoms with Crippen LogP contribution < -0.4 is 5.32 Å². The monoisotopic (exact) mass is 271 g/mol. The second kappa shape index (κ2) is 7.18. The number of anilines is 1. The molecule has 1 heterocycles. The van der Waals surface area contributed by atoms with Gasteiger partial charge in [0.2, 0.25) is 0 Å². The number of carbonyl (C=O) groups is 1. The summed E-state index contributed by atoms with van der Waals surface area (Å²) in [6.45, 7) is 2.80. The third-order valence-corrected chi connectivity index (χ3v) is 2.63. The molecule has 1 N–H and O–H groups in total. The average Bonchev–Trinajstić information content (AvgIpc) is 2.91. The number of aryl methyl sites for hydroxylation is 1. The second-order valence-electron chi connectivity index (χ2n) is 4.30. The minimum absolute atomic E-state index is 0.226. The van der Waals surface area contributed by atoms with Crippen LogP contribution in [0.3, 0.4) is 0 Å². The highest BCUT2D eigenvalue weighted by molar-refractivity contribution is 6.00. The van der Waals surface area contributed by atoms with Gasteiger partial charge in [-0.1, -0.05) is 48.8 Å². The fourth-order valence-electron chi connectivity index (χ4n) is 1.58. The Kier molecular flexibility index (Phi) is 5.00. The predicted octanol–water partition coefficient (Wildman–Crippen LogP) is 2.13. The summed E-state index contributed by atoms with van der Waals surface area (Å²) >= 11 is 0. The van der Waals surface area contributed by atoms with Crippen molar-refractivity contribution in [3.8, 4) is 0 Å². The molecule has 0 saturated carbocycles. The molecule has 1 amide bonds. The lowest BCUT2D eigenvalue weighted by Gasteiger charge is -1.95. The van der Waals surface area contributed by atoms with E-state index in [-0.39, 0.29) is 11.9 Å². The largest absolute Gasteiger partial charge is 0.288 e. The number of hydrogen-bond donors (Lipinski definition) is 1. The van der Waals surface area contributed by atoms with E-state index in [4.69, 9.17) is 0 Å². The Labute approximate surface area is 117 Å². The summed E-state index contributed by atoms with van der Waals surface area (Å²) in [6, 6.07) is 9.60. The molecule has 6 nitrogen and oxygen atoms in total. The molecule has 0 radical (unpaired) electrons. The maximum atomic E-state index is 11.7. The highest BCUT2D eigenvalue weighted by Gasteiger charge is 2.04. The Morgan fingerprint density at radius 3 is 2.90 bits per heavy atom.